The van der Waals surface area contributed by atoms with Gasteiger partial charge in [-0.15, -0.1) is 0 Å². The summed E-state index contributed by atoms with van der Waals surface area (Å²) >= 11 is 35.2. The molecule has 0 fully saturated rings. The van der Waals surface area contributed by atoms with Crippen molar-refractivity contribution in [2.24, 2.45) is 0 Å². The van der Waals surface area contributed by atoms with Crippen molar-refractivity contribution in [2.45, 2.75) is 0 Å². The smallest absolute Gasteiger partial charge is 0.239 e. The van der Waals surface area contributed by atoms with Gasteiger partial charge in [0.05, 0.1) is 20.1 Å². The van der Waals surface area contributed by atoms with Crippen LogP contribution in [0.2, 0.25) is 30.3 Å². The summed E-state index contributed by atoms with van der Waals surface area (Å²) in [7, 11) is 0. The minimum atomic E-state index is 0.0661. The van der Waals surface area contributed by atoms with Crippen LogP contribution in [-0.4, -0.2) is 4.98 Å². The zero-order chi connectivity index (χ0) is 14.2. The maximum atomic E-state index is 5.98. The van der Waals surface area contributed by atoms with E-state index in [-0.39, 0.29) is 36.9 Å². The normalized spacial score (nSPS) is 10.6. The summed E-state index contributed by atoms with van der Waals surface area (Å²) in [4.78, 5) is 3.91. The van der Waals surface area contributed by atoms with Gasteiger partial charge in [-0.2, -0.15) is 4.98 Å². The van der Waals surface area contributed by atoms with Gasteiger partial charge in [0.15, 0.2) is 5.15 Å². The molecular weight excluding hydrogens is 375 g/mol. The van der Waals surface area contributed by atoms with E-state index < -0.39 is 0 Å². The van der Waals surface area contributed by atoms with E-state index in [4.69, 9.17) is 74.3 Å². The first-order chi connectivity index (χ1) is 8.88. The largest absolute Gasteiger partial charge is 0.436 e. The lowest BCUT2D eigenvalue weighted by Gasteiger charge is -2.10. The summed E-state index contributed by atoms with van der Waals surface area (Å²) in [6.07, 6.45) is 0. The molecular formula is C11H3Cl6NO. The Bertz CT molecular complexity index is 590. The van der Waals surface area contributed by atoms with Gasteiger partial charge in [-0.1, -0.05) is 69.6 Å². The van der Waals surface area contributed by atoms with Crippen molar-refractivity contribution in [1.82, 2.24) is 4.98 Å². The first-order valence-corrected chi connectivity index (χ1v) is 6.99. The second kappa shape index (κ2) is 6.13. The van der Waals surface area contributed by atoms with Gasteiger partial charge in [-0.3, -0.25) is 0 Å². The molecule has 0 spiro atoms. The fourth-order valence-corrected chi connectivity index (χ4v) is 2.29. The maximum absolute atomic E-state index is 5.98. The van der Waals surface area contributed by atoms with Crippen molar-refractivity contribution in [2.75, 3.05) is 0 Å². The van der Waals surface area contributed by atoms with E-state index in [9.17, 15) is 0 Å². The molecule has 0 aliphatic rings. The second-order valence-electron chi connectivity index (χ2n) is 3.35. The molecule has 0 aliphatic heterocycles. The number of hydrogen-bond donors (Lipinski definition) is 0. The fraction of sp³-hybridized carbons (Fsp3) is 0. The Kier molecular flexibility index (Phi) is 4.93. The number of nitrogens with zero attached hydrogens (tertiary/aromatic N) is 1. The molecule has 2 nitrogen and oxygen atoms in total. The molecule has 0 amide bonds. The first-order valence-electron chi connectivity index (χ1n) is 4.72. The van der Waals surface area contributed by atoms with Crippen LogP contribution in [0.1, 0.15) is 0 Å². The number of pyridine rings is 1. The Hall–Kier alpha value is -0.0900. The van der Waals surface area contributed by atoms with E-state index in [1.165, 1.54) is 18.2 Å². The Labute approximate surface area is 139 Å². The third kappa shape index (κ3) is 3.52. The first kappa shape index (κ1) is 15.3. The number of halogens is 6. The topological polar surface area (TPSA) is 22.1 Å². The second-order valence-corrected chi connectivity index (χ2v) is 5.74. The maximum Gasteiger partial charge on any atom is 0.239 e. The van der Waals surface area contributed by atoms with Crippen LogP contribution >= 0.6 is 69.6 Å². The standard InChI is InChI=1S/C11H3Cl6NO/c12-4-1-6(14)9(3-5(4)13)19-11-8(16)2-7(15)10(17)18-11/h1-3H. The highest BCUT2D eigenvalue weighted by molar-refractivity contribution is 6.44. The van der Waals surface area contributed by atoms with Gasteiger partial charge >= 0.3 is 0 Å². The summed E-state index contributed by atoms with van der Waals surface area (Å²) in [5.41, 5.74) is 0. The highest BCUT2D eigenvalue weighted by Gasteiger charge is 2.13. The molecule has 0 saturated heterocycles. The Morgan fingerprint density at radius 2 is 1.26 bits per heavy atom. The molecule has 0 radical (unpaired) electrons. The van der Waals surface area contributed by atoms with Crippen LogP contribution in [0.5, 0.6) is 11.6 Å². The van der Waals surface area contributed by atoms with Crippen LogP contribution in [0.3, 0.4) is 0 Å². The molecule has 2 rings (SSSR count). The van der Waals surface area contributed by atoms with E-state index in [1.54, 1.807) is 0 Å². The molecule has 0 aliphatic carbocycles. The molecule has 0 N–H and O–H groups in total. The van der Waals surface area contributed by atoms with Gasteiger partial charge in [0.1, 0.15) is 10.8 Å². The molecule has 0 saturated carbocycles. The van der Waals surface area contributed by atoms with Crippen molar-refractivity contribution < 1.29 is 4.74 Å². The molecule has 1 heterocycles. The highest BCUT2D eigenvalue weighted by atomic mass is 35.5. The Morgan fingerprint density at radius 1 is 0.684 bits per heavy atom. The van der Waals surface area contributed by atoms with E-state index in [0.717, 1.165) is 0 Å². The third-order valence-electron chi connectivity index (χ3n) is 2.04. The summed E-state index contributed by atoms with van der Waals surface area (Å²) in [6.45, 7) is 0. The molecule has 2 aromatic rings. The molecule has 1 aromatic carbocycles. The van der Waals surface area contributed by atoms with Crippen molar-refractivity contribution in [3.05, 3.63) is 48.5 Å². The van der Waals surface area contributed by atoms with E-state index >= 15 is 0 Å². The van der Waals surface area contributed by atoms with Gasteiger partial charge in [-0.25, -0.2) is 0 Å². The highest BCUT2D eigenvalue weighted by Crippen LogP contribution is 2.39. The average molecular weight is 378 g/mol. The van der Waals surface area contributed by atoms with Gasteiger partial charge in [0, 0.05) is 6.07 Å². The summed E-state index contributed by atoms with van der Waals surface area (Å²) in [5, 5.41) is 1.34. The lowest BCUT2D eigenvalue weighted by atomic mass is 10.3. The van der Waals surface area contributed by atoms with Crippen LogP contribution in [0.4, 0.5) is 0 Å². The monoisotopic (exact) mass is 375 g/mol. The summed E-state index contributed by atoms with van der Waals surface area (Å²) in [5.74, 6) is 0.320. The summed E-state index contributed by atoms with van der Waals surface area (Å²) in [6, 6.07) is 4.32. The quantitative estimate of drug-likeness (QED) is 0.424. The van der Waals surface area contributed by atoms with Gasteiger partial charge in [0.2, 0.25) is 5.88 Å². The fourth-order valence-electron chi connectivity index (χ4n) is 1.19. The number of benzene rings is 1. The molecule has 0 atom stereocenters. The molecule has 1 aromatic heterocycles. The van der Waals surface area contributed by atoms with Gasteiger partial charge in [0.25, 0.3) is 0 Å². The Morgan fingerprint density at radius 3 is 1.95 bits per heavy atom. The number of aromatic nitrogens is 1. The van der Waals surface area contributed by atoms with Crippen LogP contribution in [0, 0.1) is 0 Å². The third-order valence-corrected chi connectivity index (χ3v) is 4.00. The predicted molar refractivity (Wildman–Crippen MR) is 80.8 cm³/mol. The van der Waals surface area contributed by atoms with Crippen molar-refractivity contribution in [3.63, 3.8) is 0 Å². The lowest BCUT2D eigenvalue weighted by molar-refractivity contribution is 0.463. The Balaban J connectivity index is 2.42. The predicted octanol–water partition coefficient (Wildman–Crippen LogP) is 6.79. The van der Waals surface area contributed by atoms with Gasteiger partial charge < -0.3 is 4.74 Å². The number of hydrogen-bond acceptors (Lipinski definition) is 2. The van der Waals surface area contributed by atoms with E-state index in [1.807, 2.05) is 0 Å². The minimum Gasteiger partial charge on any atom is -0.436 e. The number of ether oxygens (including phenoxy) is 1. The molecule has 0 bridgehead atoms. The average Bonchev–Trinajstić information content (AvgIpc) is 2.32. The zero-order valence-electron chi connectivity index (χ0n) is 8.86. The van der Waals surface area contributed by atoms with Crippen molar-refractivity contribution >= 4 is 69.6 Å². The number of rotatable bonds is 2. The molecule has 8 heteroatoms. The van der Waals surface area contributed by atoms with Crippen LogP contribution in [0.25, 0.3) is 0 Å². The van der Waals surface area contributed by atoms with Crippen LogP contribution in [-0.2, 0) is 0 Å². The van der Waals surface area contributed by atoms with E-state index in [2.05, 4.69) is 4.98 Å². The minimum absolute atomic E-state index is 0.0661. The van der Waals surface area contributed by atoms with Crippen molar-refractivity contribution in [1.29, 1.82) is 0 Å². The van der Waals surface area contributed by atoms with Crippen LogP contribution in [0.15, 0.2) is 18.2 Å². The molecule has 19 heavy (non-hydrogen) atoms. The van der Waals surface area contributed by atoms with Gasteiger partial charge in [-0.05, 0) is 12.1 Å². The zero-order valence-corrected chi connectivity index (χ0v) is 13.4. The van der Waals surface area contributed by atoms with E-state index in [0.29, 0.717) is 5.02 Å². The summed E-state index contributed by atoms with van der Waals surface area (Å²) < 4.78 is 5.45. The van der Waals surface area contributed by atoms with Crippen molar-refractivity contribution in [3.8, 4) is 11.6 Å². The molecule has 100 valence electrons. The van der Waals surface area contributed by atoms with Crippen LogP contribution < -0.4 is 4.74 Å². The molecule has 0 unspecified atom stereocenters. The SMILES string of the molecule is Clc1cc(Cl)c(Oc2nc(Cl)c(Cl)cc2Cl)cc1Cl. The lowest BCUT2D eigenvalue weighted by Crippen LogP contribution is -1.91.